The number of nitrogens with one attached hydrogen (secondary N) is 2. The number of nitro groups is 1. The van der Waals surface area contributed by atoms with E-state index in [0.29, 0.717) is 31.3 Å². The van der Waals surface area contributed by atoms with Crippen LogP contribution in [0.5, 0.6) is 0 Å². The number of anilines is 2. The van der Waals surface area contributed by atoms with Crippen LogP contribution in [0.15, 0.2) is 12.1 Å². The minimum absolute atomic E-state index is 0.00620. The smallest absolute Gasteiger partial charge is 0.311 e. The molecule has 0 aromatic carbocycles. The third-order valence-electron chi connectivity index (χ3n) is 3.30. The fourth-order valence-electron chi connectivity index (χ4n) is 2.45. The van der Waals surface area contributed by atoms with Gasteiger partial charge in [-0.05, 0) is 19.4 Å². The number of hydrogen-bond donors (Lipinski definition) is 2. The zero-order valence-corrected chi connectivity index (χ0v) is 12.1. The van der Waals surface area contributed by atoms with E-state index in [2.05, 4.69) is 15.6 Å². The van der Waals surface area contributed by atoms with E-state index in [1.54, 1.807) is 6.07 Å². The summed E-state index contributed by atoms with van der Waals surface area (Å²) in [6.45, 7) is 5.26. The predicted octanol–water partition coefficient (Wildman–Crippen LogP) is 1.14. The maximum Gasteiger partial charge on any atom is 0.311 e. The molecule has 1 atom stereocenters. The Balaban J connectivity index is 2.23. The zero-order chi connectivity index (χ0) is 15.4. The molecule has 1 aromatic heterocycles. The van der Waals surface area contributed by atoms with Gasteiger partial charge in [-0.1, -0.05) is 0 Å². The highest BCUT2D eigenvalue weighted by Crippen LogP contribution is 2.30. The maximum atomic E-state index is 11.2. The third-order valence-corrected chi connectivity index (χ3v) is 3.30. The zero-order valence-electron chi connectivity index (χ0n) is 12.1. The van der Waals surface area contributed by atoms with Gasteiger partial charge in [0.25, 0.3) is 0 Å². The molecular weight excluding hydrogens is 274 g/mol. The van der Waals surface area contributed by atoms with E-state index < -0.39 is 4.92 Å². The van der Waals surface area contributed by atoms with Gasteiger partial charge in [0.05, 0.1) is 4.92 Å². The Morgan fingerprint density at radius 1 is 1.57 bits per heavy atom. The molecule has 21 heavy (non-hydrogen) atoms. The Morgan fingerprint density at radius 2 is 2.33 bits per heavy atom. The second kappa shape index (κ2) is 6.38. The molecule has 0 saturated carbocycles. The van der Waals surface area contributed by atoms with E-state index in [9.17, 15) is 14.9 Å². The molecule has 1 unspecified atom stereocenters. The number of pyridine rings is 1. The Kier molecular flexibility index (Phi) is 4.56. The first-order valence-corrected chi connectivity index (χ1v) is 6.92. The molecule has 2 rings (SSSR count). The van der Waals surface area contributed by atoms with Gasteiger partial charge in [0.2, 0.25) is 11.7 Å². The minimum Gasteiger partial charge on any atom is -0.370 e. The summed E-state index contributed by atoms with van der Waals surface area (Å²) in [5, 5.41) is 17.0. The van der Waals surface area contributed by atoms with Gasteiger partial charge < -0.3 is 15.5 Å². The first kappa shape index (κ1) is 15.0. The molecule has 8 heteroatoms. The highest BCUT2D eigenvalue weighted by molar-refractivity contribution is 5.73. The van der Waals surface area contributed by atoms with Gasteiger partial charge in [-0.3, -0.25) is 14.9 Å². The lowest BCUT2D eigenvalue weighted by molar-refractivity contribution is -0.384. The van der Waals surface area contributed by atoms with Crippen LogP contribution in [-0.2, 0) is 4.79 Å². The topological polar surface area (TPSA) is 100 Å². The SMILES string of the molecule is CCNc1ccc([N+](=O)[O-])c(N2CCC(NC(C)=O)C2)n1. The Morgan fingerprint density at radius 3 is 2.95 bits per heavy atom. The second-order valence-corrected chi connectivity index (χ2v) is 4.96. The summed E-state index contributed by atoms with van der Waals surface area (Å²) in [6.07, 6.45) is 0.754. The molecule has 8 nitrogen and oxygen atoms in total. The van der Waals surface area contributed by atoms with Crippen LogP contribution in [0, 0.1) is 10.1 Å². The molecule has 1 amide bonds. The van der Waals surface area contributed by atoms with Crippen molar-refractivity contribution in [2.24, 2.45) is 0 Å². The standard InChI is InChI=1S/C13H19N5O3/c1-3-14-12-5-4-11(18(20)21)13(16-12)17-7-6-10(8-17)15-9(2)19/h4-5,10H,3,6-8H2,1-2H3,(H,14,16)(H,15,19). The van der Waals surface area contributed by atoms with Crippen molar-refractivity contribution in [3.8, 4) is 0 Å². The molecule has 1 aliphatic heterocycles. The number of amides is 1. The Labute approximate surface area is 122 Å². The molecule has 1 saturated heterocycles. The summed E-state index contributed by atoms with van der Waals surface area (Å²) in [5.41, 5.74) is -0.0138. The minimum atomic E-state index is -0.427. The van der Waals surface area contributed by atoms with Crippen molar-refractivity contribution in [1.29, 1.82) is 0 Å². The molecule has 114 valence electrons. The quantitative estimate of drug-likeness (QED) is 0.623. The Bertz CT molecular complexity index is 549. The molecule has 0 bridgehead atoms. The van der Waals surface area contributed by atoms with Crippen LogP contribution < -0.4 is 15.5 Å². The van der Waals surface area contributed by atoms with E-state index in [0.717, 1.165) is 6.42 Å². The molecule has 2 heterocycles. The number of carbonyl (C=O) groups is 1. The van der Waals surface area contributed by atoms with E-state index >= 15 is 0 Å². The predicted molar refractivity (Wildman–Crippen MR) is 79.5 cm³/mol. The van der Waals surface area contributed by atoms with Gasteiger partial charge in [-0.15, -0.1) is 0 Å². The van der Waals surface area contributed by atoms with E-state index in [1.165, 1.54) is 13.0 Å². The lowest BCUT2D eigenvalue weighted by Crippen LogP contribution is -2.35. The van der Waals surface area contributed by atoms with Crippen LogP contribution >= 0.6 is 0 Å². The van der Waals surface area contributed by atoms with Crippen LogP contribution in [0.1, 0.15) is 20.3 Å². The third kappa shape index (κ3) is 3.59. The molecule has 0 radical (unpaired) electrons. The van der Waals surface area contributed by atoms with Crippen molar-refractivity contribution in [2.45, 2.75) is 26.3 Å². The Hall–Kier alpha value is -2.38. The number of rotatable bonds is 5. The molecule has 1 aromatic rings. The first-order valence-electron chi connectivity index (χ1n) is 6.92. The van der Waals surface area contributed by atoms with Gasteiger partial charge in [-0.25, -0.2) is 4.98 Å². The van der Waals surface area contributed by atoms with Crippen molar-refractivity contribution in [1.82, 2.24) is 10.3 Å². The van der Waals surface area contributed by atoms with Gasteiger partial charge in [0, 0.05) is 38.7 Å². The molecule has 0 spiro atoms. The van der Waals surface area contributed by atoms with Crippen molar-refractivity contribution in [2.75, 3.05) is 29.9 Å². The fourth-order valence-corrected chi connectivity index (χ4v) is 2.45. The van der Waals surface area contributed by atoms with E-state index in [-0.39, 0.29) is 17.6 Å². The van der Waals surface area contributed by atoms with Crippen LogP contribution in [0.25, 0.3) is 0 Å². The van der Waals surface area contributed by atoms with Gasteiger partial charge >= 0.3 is 5.69 Å². The first-order chi connectivity index (χ1) is 10.0. The number of carbonyl (C=O) groups excluding carboxylic acids is 1. The van der Waals surface area contributed by atoms with Crippen molar-refractivity contribution < 1.29 is 9.72 Å². The molecule has 1 fully saturated rings. The molecular formula is C13H19N5O3. The normalized spacial score (nSPS) is 17.6. The summed E-state index contributed by atoms with van der Waals surface area (Å²) in [7, 11) is 0. The van der Waals surface area contributed by atoms with Gasteiger partial charge in [-0.2, -0.15) is 0 Å². The monoisotopic (exact) mass is 293 g/mol. The molecule has 1 aliphatic rings. The van der Waals surface area contributed by atoms with E-state index in [4.69, 9.17) is 0 Å². The summed E-state index contributed by atoms with van der Waals surface area (Å²) in [4.78, 5) is 28.0. The molecule has 0 aliphatic carbocycles. The highest BCUT2D eigenvalue weighted by atomic mass is 16.6. The summed E-state index contributed by atoms with van der Waals surface area (Å²) in [6, 6.07) is 3.07. The highest BCUT2D eigenvalue weighted by Gasteiger charge is 2.29. The second-order valence-electron chi connectivity index (χ2n) is 4.96. The summed E-state index contributed by atoms with van der Waals surface area (Å²) >= 11 is 0. The van der Waals surface area contributed by atoms with Crippen LogP contribution in [0.4, 0.5) is 17.3 Å². The number of hydrogen-bond acceptors (Lipinski definition) is 6. The van der Waals surface area contributed by atoms with Crippen molar-refractivity contribution in [3.63, 3.8) is 0 Å². The lowest BCUT2D eigenvalue weighted by Gasteiger charge is -2.18. The summed E-state index contributed by atoms with van der Waals surface area (Å²) in [5.74, 6) is 0.873. The lowest BCUT2D eigenvalue weighted by atomic mass is 10.2. The van der Waals surface area contributed by atoms with Crippen LogP contribution in [0.3, 0.4) is 0 Å². The van der Waals surface area contributed by atoms with Crippen molar-refractivity contribution in [3.05, 3.63) is 22.2 Å². The maximum absolute atomic E-state index is 11.2. The fraction of sp³-hybridized carbons (Fsp3) is 0.538. The van der Waals surface area contributed by atoms with Gasteiger partial charge in [0.15, 0.2) is 0 Å². The van der Waals surface area contributed by atoms with Crippen LogP contribution in [0.2, 0.25) is 0 Å². The number of nitrogens with zero attached hydrogens (tertiary/aromatic N) is 3. The van der Waals surface area contributed by atoms with Crippen molar-refractivity contribution >= 4 is 23.2 Å². The average molecular weight is 293 g/mol. The number of aromatic nitrogens is 1. The van der Waals surface area contributed by atoms with E-state index in [1.807, 2.05) is 11.8 Å². The van der Waals surface area contributed by atoms with Crippen LogP contribution in [-0.4, -0.2) is 41.5 Å². The van der Waals surface area contributed by atoms with Gasteiger partial charge in [0.1, 0.15) is 5.82 Å². The summed E-state index contributed by atoms with van der Waals surface area (Å²) < 4.78 is 0. The molecule has 2 N–H and O–H groups in total. The largest absolute Gasteiger partial charge is 0.370 e. The average Bonchev–Trinajstić information content (AvgIpc) is 2.86.